The van der Waals surface area contributed by atoms with Crippen LogP contribution in [0.1, 0.15) is 11.1 Å². The van der Waals surface area contributed by atoms with Crippen molar-refractivity contribution in [1.82, 2.24) is 14.5 Å². The van der Waals surface area contributed by atoms with Gasteiger partial charge >= 0.3 is 0 Å². The monoisotopic (exact) mass is 447 g/mol. The van der Waals surface area contributed by atoms with Crippen LogP contribution in [0, 0.1) is 22.7 Å². The normalized spacial score (nSPS) is 10.8. The predicted octanol–water partition coefficient (Wildman–Crippen LogP) is 6.65. The Morgan fingerprint density at radius 2 is 1.09 bits per heavy atom. The van der Waals surface area contributed by atoms with Crippen LogP contribution in [0.4, 0.5) is 0 Å². The molecular weight excluding hydrogens is 430 g/mol. The fourth-order valence-corrected chi connectivity index (χ4v) is 4.51. The smallest absolute Gasteiger partial charge is 0.0992 e. The Hall–Kier alpha value is -5.26. The Kier molecular flexibility index (Phi) is 4.80. The van der Waals surface area contributed by atoms with Crippen molar-refractivity contribution in [1.29, 1.82) is 10.5 Å². The number of pyridine rings is 2. The molecule has 0 atom stereocenters. The van der Waals surface area contributed by atoms with Crippen molar-refractivity contribution in [3.63, 3.8) is 0 Å². The summed E-state index contributed by atoms with van der Waals surface area (Å²) in [5.74, 6) is 0. The van der Waals surface area contributed by atoms with Gasteiger partial charge in [-0.05, 0) is 60.7 Å². The maximum Gasteiger partial charge on any atom is 0.0992 e. The molecule has 0 aliphatic carbocycles. The van der Waals surface area contributed by atoms with Gasteiger partial charge in [0.15, 0.2) is 0 Å². The summed E-state index contributed by atoms with van der Waals surface area (Å²) >= 11 is 0. The van der Waals surface area contributed by atoms with Crippen LogP contribution in [0.3, 0.4) is 0 Å². The highest BCUT2D eigenvalue weighted by Crippen LogP contribution is 2.36. The molecule has 3 aromatic heterocycles. The van der Waals surface area contributed by atoms with Crippen molar-refractivity contribution in [3.8, 4) is 40.3 Å². The fourth-order valence-electron chi connectivity index (χ4n) is 4.51. The number of nitrogens with zero attached hydrogens (tertiary/aromatic N) is 5. The van der Waals surface area contributed by atoms with Gasteiger partial charge in [0, 0.05) is 40.0 Å². The van der Waals surface area contributed by atoms with Crippen LogP contribution in [0.5, 0.6) is 0 Å². The Morgan fingerprint density at radius 3 is 1.57 bits per heavy atom. The lowest BCUT2D eigenvalue weighted by Crippen LogP contribution is -1.93. The van der Waals surface area contributed by atoms with Crippen molar-refractivity contribution in [2.75, 3.05) is 0 Å². The lowest BCUT2D eigenvalue weighted by Gasteiger charge is -2.08. The number of benzene rings is 3. The number of rotatable bonds is 3. The molecule has 3 heterocycles. The molecule has 6 rings (SSSR count). The van der Waals surface area contributed by atoms with Crippen LogP contribution in [0.15, 0.2) is 103 Å². The number of fused-ring (bicyclic) bond motifs is 3. The molecule has 0 N–H and O–H groups in total. The molecule has 0 radical (unpaired) electrons. The van der Waals surface area contributed by atoms with Crippen LogP contribution in [0.25, 0.3) is 50.0 Å². The Labute approximate surface area is 201 Å². The average Bonchev–Trinajstić information content (AvgIpc) is 3.26. The molecule has 3 aromatic carbocycles. The van der Waals surface area contributed by atoms with E-state index in [0.29, 0.717) is 11.1 Å². The maximum absolute atomic E-state index is 9.32. The molecule has 0 saturated heterocycles. The second-order valence-electron chi connectivity index (χ2n) is 8.22. The van der Waals surface area contributed by atoms with Gasteiger partial charge in [-0.25, -0.2) is 0 Å². The molecule has 0 spiro atoms. The molecule has 0 amide bonds. The summed E-state index contributed by atoms with van der Waals surface area (Å²) in [5.41, 5.74) is 7.76. The molecule has 0 unspecified atom stereocenters. The largest absolute Gasteiger partial charge is 0.309 e. The molecule has 162 valence electrons. The van der Waals surface area contributed by atoms with E-state index in [1.54, 1.807) is 36.7 Å². The summed E-state index contributed by atoms with van der Waals surface area (Å²) in [6.45, 7) is 0. The van der Waals surface area contributed by atoms with Crippen LogP contribution >= 0.6 is 0 Å². The lowest BCUT2D eigenvalue weighted by molar-refractivity contribution is 1.18. The number of nitriles is 2. The van der Waals surface area contributed by atoms with Crippen LogP contribution in [-0.2, 0) is 0 Å². The fraction of sp³-hybridized carbons (Fsp3) is 0. The topological polar surface area (TPSA) is 78.3 Å². The number of para-hydroxylation sites is 1. The summed E-state index contributed by atoms with van der Waals surface area (Å²) in [7, 11) is 0. The van der Waals surface area contributed by atoms with E-state index < -0.39 is 0 Å². The molecule has 0 saturated carbocycles. The first-order chi connectivity index (χ1) is 17.2. The highest BCUT2D eigenvalue weighted by atomic mass is 15.0. The SMILES string of the molecule is N#Cc1ccnc(-c2ccc3c(c2)c2cc(-c4cc(C#N)ccn4)ccc2n3-c2ccccc2)c1. The summed E-state index contributed by atoms with van der Waals surface area (Å²) in [6, 6.07) is 34.2. The van der Waals surface area contributed by atoms with Crippen molar-refractivity contribution in [3.05, 3.63) is 115 Å². The first-order valence-corrected chi connectivity index (χ1v) is 11.1. The van der Waals surface area contributed by atoms with E-state index in [2.05, 4.69) is 63.1 Å². The first-order valence-electron chi connectivity index (χ1n) is 11.1. The highest BCUT2D eigenvalue weighted by Gasteiger charge is 2.15. The van der Waals surface area contributed by atoms with Crippen molar-refractivity contribution < 1.29 is 0 Å². The minimum absolute atomic E-state index is 0.576. The van der Waals surface area contributed by atoms with E-state index in [1.807, 2.05) is 30.3 Å². The molecule has 0 fully saturated rings. The number of hydrogen-bond donors (Lipinski definition) is 0. The van der Waals surface area contributed by atoms with Gasteiger partial charge in [-0.3, -0.25) is 9.97 Å². The Morgan fingerprint density at radius 1 is 0.571 bits per heavy atom. The second kappa shape index (κ2) is 8.26. The molecular formula is C30H17N5. The van der Waals surface area contributed by atoms with Crippen LogP contribution in [-0.4, -0.2) is 14.5 Å². The highest BCUT2D eigenvalue weighted by molar-refractivity contribution is 6.11. The first kappa shape index (κ1) is 20.4. The van der Waals surface area contributed by atoms with Gasteiger partial charge in [0.05, 0.1) is 45.7 Å². The van der Waals surface area contributed by atoms with E-state index in [0.717, 1.165) is 50.0 Å². The van der Waals surface area contributed by atoms with E-state index in [4.69, 9.17) is 0 Å². The Balaban J connectivity index is 1.64. The third-order valence-corrected chi connectivity index (χ3v) is 6.15. The summed E-state index contributed by atoms with van der Waals surface area (Å²) < 4.78 is 2.25. The summed E-state index contributed by atoms with van der Waals surface area (Å²) in [6.07, 6.45) is 3.33. The van der Waals surface area contributed by atoms with Gasteiger partial charge in [-0.1, -0.05) is 30.3 Å². The molecule has 0 aliphatic heterocycles. The van der Waals surface area contributed by atoms with Crippen LogP contribution < -0.4 is 0 Å². The molecule has 6 aromatic rings. The van der Waals surface area contributed by atoms with Crippen LogP contribution in [0.2, 0.25) is 0 Å². The molecule has 5 nitrogen and oxygen atoms in total. The van der Waals surface area contributed by atoms with E-state index in [-0.39, 0.29) is 0 Å². The minimum atomic E-state index is 0.576. The van der Waals surface area contributed by atoms with Gasteiger partial charge in [0.1, 0.15) is 0 Å². The van der Waals surface area contributed by atoms with E-state index in [1.165, 1.54) is 0 Å². The van der Waals surface area contributed by atoms with Gasteiger partial charge in [0.25, 0.3) is 0 Å². The molecule has 35 heavy (non-hydrogen) atoms. The van der Waals surface area contributed by atoms with Gasteiger partial charge < -0.3 is 4.57 Å². The predicted molar refractivity (Wildman–Crippen MR) is 137 cm³/mol. The quantitative estimate of drug-likeness (QED) is 0.304. The van der Waals surface area contributed by atoms with Crippen molar-refractivity contribution >= 4 is 21.8 Å². The van der Waals surface area contributed by atoms with Crippen molar-refractivity contribution in [2.24, 2.45) is 0 Å². The summed E-state index contributed by atoms with van der Waals surface area (Å²) in [4.78, 5) is 8.99. The zero-order valence-electron chi connectivity index (χ0n) is 18.6. The van der Waals surface area contributed by atoms with E-state index >= 15 is 0 Å². The van der Waals surface area contributed by atoms with Gasteiger partial charge in [0.2, 0.25) is 0 Å². The maximum atomic E-state index is 9.32. The molecule has 0 bridgehead atoms. The Bertz CT molecular complexity index is 1700. The number of aromatic nitrogens is 3. The van der Waals surface area contributed by atoms with Crippen molar-refractivity contribution in [2.45, 2.75) is 0 Å². The number of hydrogen-bond acceptors (Lipinski definition) is 4. The van der Waals surface area contributed by atoms with Gasteiger partial charge in [-0.2, -0.15) is 10.5 Å². The standard InChI is InChI=1S/C30H17N5/c31-18-20-10-12-33-27(14-20)22-6-8-29-25(16-22)26-17-23(28-15-21(19-32)11-13-34-28)7-9-30(26)35(29)24-4-2-1-3-5-24/h1-17H. The summed E-state index contributed by atoms with van der Waals surface area (Å²) in [5, 5.41) is 20.8. The third kappa shape index (κ3) is 3.49. The molecule has 0 aliphatic rings. The van der Waals surface area contributed by atoms with Gasteiger partial charge in [-0.15, -0.1) is 0 Å². The molecule has 5 heteroatoms. The zero-order valence-corrected chi connectivity index (χ0v) is 18.6. The average molecular weight is 448 g/mol. The third-order valence-electron chi connectivity index (χ3n) is 6.15. The van der Waals surface area contributed by atoms with E-state index in [9.17, 15) is 10.5 Å². The minimum Gasteiger partial charge on any atom is -0.309 e. The second-order valence-corrected chi connectivity index (χ2v) is 8.22. The zero-order chi connectivity index (χ0) is 23.8. The lowest BCUT2D eigenvalue weighted by atomic mass is 10.0.